The van der Waals surface area contributed by atoms with Crippen molar-refractivity contribution in [2.75, 3.05) is 45.8 Å². The van der Waals surface area contributed by atoms with Crippen LogP contribution in [0.25, 0.3) is 0 Å². The lowest BCUT2D eigenvalue weighted by Gasteiger charge is -2.38. The van der Waals surface area contributed by atoms with Gasteiger partial charge in [0.2, 0.25) is 11.8 Å². The lowest BCUT2D eigenvalue weighted by molar-refractivity contribution is -0.138. The summed E-state index contributed by atoms with van der Waals surface area (Å²) in [4.78, 5) is 31.4. The summed E-state index contributed by atoms with van der Waals surface area (Å²) in [5.74, 6) is 0.751. The number of nitrogens with two attached hydrogens (primary N) is 1. The molecule has 2 aliphatic rings. The maximum absolute atomic E-state index is 12.6. The molecule has 2 saturated heterocycles. The van der Waals surface area contributed by atoms with E-state index in [4.69, 9.17) is 5.73 Å². The van der Waals surface area contributed by atoms with Gasteiger partial charge in [0.25, 0.3) is 0 Å². The third kappa shape index (κ3) is 5.42. The summed E-state index contributed by atoms with van der Waals surface area (Å²) in [6.45, 7) is 12.3. The van der Waals surface area contributed by atoms with Gasteiger partial charge in [0.15, 0.2) is 0 Å². The molecular weight excluding hydrogens is 316 g/mol. The molecule has 0 radical (unpaired) electrons. The number of piperazine rings is 1. The smallest absolute Gasteiger partial charge is 0.242 e. The Labute approximate surface area is 152 Å². The van der Waals surface area contributed by atoms with E-state index in [-0.39, 0.29) is 11.8 Å². The van der Waals surface area contributed by atoms with Crippen LogP contribution in [-0.4, -0.2) is 77.9 Å². The molecule has 0 aromatic carbocycles. The standard InChI is InChI=1S/C19H36N4O2/c1-4-8-19(3,20)18(25)23-9-6-16(7-10-23)15-17(24)22-13-11-21(5-2)12-14-22/h16H,4-15,20H2,1-3H3. The Kier molecular flexibility index (Phi) is 7.25. The molecule has 2 heterocycles. The summed E-state index contributed by atoms with van der Waals surface area (Å²) >= 11 is 0. The largest absolute Gasteiger partial charge is 0.341 e. The molecule has 2 rings (SSSR count). The van der Waals surface area contributed by atoms with Crippen molar-refractivity contribution in [3.8, 4) is 0 Å². The molecule has 6 heteroatoms. The van der Waals surface area contributed by atoms with Crippen LogP contribution in [0.5, 0.6) is 0 Å². The maximum Gasteiger partial charge on any atom is 0.242 e. The van der Waals surface area contributed by atoms with E-state index in [2.05, 4.69) is 18.7 Å². The molecule has 25 heavy (non-hydrogen) atoms. The molecule has 2 aliphatic heterocycles. The second-order valence-electron chi connectivity index (χ2n) is 7.92. The second kappa shape index (κ2) is 8.99. The third-order valence-electron chi connectivity index (χ3n) is 5.80. The quantitative estimate of drug-likeness (QED) is 0.782. The van der Waals surface area contributed by atoms with Crippen LogP contribution in [-0.2, 0) is 9.59 Å². The number of likely N-dealkylation sites (tertiary alicyclic amines) is 1. The molecule has 0 bridgehead atoms. The van der Waals surface area contributed by atoms with Gasteiger partial charge < -0.3 is 20.4 Å². The Morgan fingerprint density at radius 1 is 1.00 bits per heavy atom. The summed E-state index contributed by atoms with van der Waals surface area (Å²) in [6.07, 6.45) is 4.08. The van der Waals surface area contributed by atoms with Crippen LogP contribution < -0.4 is 5.73 Å². The highest BCUT2D eigenvalue weighted by molar-refractivity contribution is 5.85. The van der Waals surface area contributed by atoms with Crippen molar-refractivity contribution in [3.05, 3.63) is 0 Å². The highest BCUT2D eigenvalue weighted by atomic mass is 16.2. The molecule has 1 atom stereocenters. The van der Waals surface area contributed by atoms with Crippen molar-refractivity contribution in [1.29, 1.82) is 0 Å². The minimum absolute atomic E-state index is 0.0646. The monoisotopic (exact) mass is 352 g/mol. The molecular formula is C19H36N4O2. The zero-order valence-corrected chi connectivity index (χ0v) is 16.3. The van der Waals surface area contributed by atoms with Crippen molar-refractivity contribution in [3.63, 3.8) is 0 Å². The van der Waals surface area contributed by atoms with E-state index in [0.29, 0.717) is 18.8 Å². The first-order valence-electron chi connectivity index (χ1n) is 9.95. The third-order valence-corrected chi connectivity index (χ3v) is 5.80. The first kappa shape index (κ1) is 20.2. The number of carbonyl (C=O) groups is 2. The molecule has 0 aliphatic carbocycles. The molecule has 0 aromatic rings. The maximum atomic E-state index is 12.6. The van der Waals surface area contributed by atoms with E-state index < -0.39 is 5.54 Å². The van der Waals surface area contributed by atoms with E-state index in [1.54, 1.807) is 0 Å². The van der Waals surface area contributed by atoms with Gasteiger partial charge in [0.05, 0.1) is 5.54 Å². The predicted octanol–water partition coefficient (Wildman–Crippen LogP) is 1.30. The number of nitrogens with zero attached hydrogens (tertiary/aromatic N) is 3. The molecule has 2 N–H and O–H groups in total. The van der Waals surface area contributed by atoms with E-state index in [1.807, 2.05) is 16.7 Å². The zero-order valence-electron chi connectivity index (χ0n) is 16.3. The van der Waals surface area contributed by atoms with Gasteiger partial charge in [-0.2, -0.15) is 0 Å². The fourth-order valence-electron chi connectivity index (χ4n) is 4.02. The van der Waals surface area contributed by atoms with Crippen molar-refractivity contribution in [2.45, 2.75) is 58.4 Å². The van der Waals surface area contributed by atoms with Gasteiger partial charge in [-0.05, 0) is 38.6 Å². The van der Waals surface area contributed by atoms with Crippen molar-refractivity contribution < 1.29 is 9.59 Å². The predicted molar refractivity (Wildman–Crippen MR) is 100 cm³/mol. The minimum Gasteiger partial charge on any atom is -0.341 e. The van der Waals surface area contributed by atoms with Crippen LogP contribution >= 0.6 is 0 Å². The van der Waals surface area contributed by atoms with Crippen molar-refractivity contribution >= 4 is 11.8 Å². The molecule has 0 aromatic heterocycles. The average Bonchev–Trinajstić information content (AvgIpc) is 2.61. The van der Waals surface area contributed by atoms with Crippen LogP contribution in [0.2, 0.25) is 0 Å². The summed E-state index contributed by atoms with van der Waals surface area (Å²) < 4.78 is 0. The summed E-state index contributed by atoms with van der Waals surface area (Å²) in [6, 6.07) is 0. The van der Waals surface area contributed by atoms with E-state index in [0.717, 1.165) is 65.1 Å². The SMILES string of the molecule is CCCC(C)(N)C(=O)N1CCC(CC(=O)N2CCN(CC)CC2)CC1. The van der Waals surface area contributed by atoms with Crippen LogP contribution in [0.15, 0.2) is 0 Å². The number of carbonyl (C=O) groups excluding carboxylic acids is 2. The molecule has 0 saturated carbocycles. The minimum atomic E-state index is -0.754. The van der Waals surface area contributed by atoms with Gasteiger partial charge in [0, 0.05) is 45.7 Å². The number of hydrogen-bond donors (Lipinski definition) is 1. The molecule has 1 unspecified atom stereocenters. The van der Waals surface area contributed by atoms with Gasteiger partial charge in [-0.1, -0.05) is 20.3 Å². The summed E-state index contributed by atoms with van der Waals surface area (Å²) in [7, 11) is 0. The van der Waals surface area contributed by atoms with E-state index >= 15 is 0 Å². The first-order chi connectivity index (χ1) is 11.9. The van der Waals surface area contributed by atoms with Gasteiger partial charge in [-0.15, -0.1) is 0 Å². The highest BCUT2D eigenvalue weighted by Crippen LogP contribution is 2.24. The molecule has 144 valence electrons. The zero-order chi connectivity index (χ0) is 18.4. The first-order valence-corrected chi connectivity index (χ1v) is 9.95. The number of hydrogen-bond acceptors (Lipinski definition) is 4. The topological polar surface area (TPSA) is 69.9 Å². The van der Waals surface area contributed by atoms with Crippen LogP contribution in [0.3, 0.4) is 0 Å². The Morgan fingerprint density at radius 2 is 1.60 bits per heavy atom. The fraction of sp³-hybridized carbons (Fsp3) is 0.895. The van der Waals surface area contributed by atoms with Crippen LogP contribution in [0.4, 0.5) is 0 Å². The molecule has 6 nitrogen and oxygen atoms in total. The van der Waals surface area contributed by atoms with Crippen LogP contribution in [0, 0.1) is 5.92 Å². The van der Waals surface area contributed by atoms with E-state index in [9.17, 15) is 9.59 Å². The molecule has 2 amide bonds. The van der Waals surface area contributed by atoms with Gasteiger partial charge in [-0.3, -0.25) is 9.59 Å². The van der Waals surface area contributed by atoms with Gasteiger partial charge in [-0.25, -0.2) is 0 Å². The van der Waals surface area contributed by atoms with E-state index in [1.165, 1.54) is 0 Å². The average molecular weight is 353 g/mol. The lowest BCUT2D eigenvalue weighted by atomic mass is 9.90. The molecule has 2 fully saturated rings. The lowest BCUT2D eigenvalue weighted by Crippen LogP contribution is -2.55. The highest BCUT2D eigenvalue weighted by Gasteiger charge is 2.34. The molecule has 0 spiro atoms. The fourth-order valence-corrected chi connectivity index (χ4v) is 4.02. The van der Waals surface area contributed by atoms with Gasteiger partial charge in [0.1, 0.15) is 0 Å². The Bertz CT molecular complexity index is 450. The number of likely N-dealkylation sites (N-methyl/N-ethyl adjacent to an activating group) is 1. The van der Waals surface area contributed by atoms with Crippen LogP contribution in [0.1, 0.15) is 52.9 Å². The summed E-state index contributed by atoms with van der Waals surface area (Å²) in [5, 5.41) is 0. The normalized spacial score (nSPS) is 22.7. The Morgan fingerprint density at radius 3 is 2.12 bits per heavy atom. The number of amides is 2. The number of rotatable bonds is 6. The van der Waals surface area contributed by atoms with Crippen molar-refractivity contribution in [2.24, 2.45) is 11.7 Å². The summed E-state index contributed by atoms with van der Waals surface area (Å²) in [5.41, 5.74) is 5.43. The Balaban J connectivity index is 1.75. The Hall–Kier alpha value is -1.14. The number of piperidine rings is 1. The second-order valence-corrected chi connectivity index (χ2v) is 7.92. The van der Waals surface area contributed by atoms with Crippen molar-refractivity contribution in [1.82, 2.24) is 14.7 Å². The van der Waals surface area contributed by atoms with Gasteiger partial charge >= 0.3 is 0 Å².